The van der Waals surface area contributed by atoms with Gasteiger partial charge in [-0.2, -0.15) is 0 Å². The second-order valence-electron chi connectivity index (χ2n) is 8.00. The molecular weight excluding hydrogens is 476 g/mol. The first-order chi connectivity index (χ1) is 15.7. The van der Waals surface area contributed by atoms with E-state index in [0.29, 0.717) is 0 Å². The van der Waals surface area contributed by atoms with Gasteiger partial charge in [-0.05, 0) is 55.6 Å². The van der Waals surface area contributed by atoms with E-state index in [1.54, 1.807) is 0 Å². The van der Waals surface area contributed by atoms with Crippen LogP contribution in [0.2, 0.25) is 5.02 Å². The van der Waals surface area contributed by atoms with Gasteiger partial charge in [-0.15, -0.1) is 0 Å². The van der Waals surface area contributed by atoms with E-state index in [1.165, 1.54) is 32.3 Å². The molecule has 0 saturated heterocycles. The van der Waals surface area contributed by atoms with Crippen molar-refractivity contribution in [3.63, 3.8) is 0 Å². The van der Waals surface area contributed by atoms with Gasteiger partial charge in [0.2, 0.25) is 0 Å². The van der Waals surface area contributed by atoms with Crippen LogP contribution in [0.15, 0.2) is 114 Å². The van der Waals surface area contributed by atoms with E-state index in [1.807, 2.05) is 18.2 Å². The second kappa shape index (κ2) is 7.78. The minimum atomic E-state index is 0.759. The average Bonchev–Trinajstić information content (AvgIpc) is 2.85. The van der Waals surface area contributed by atoms with Gasteiger partial charge in [0.15, 0.2) is 0 Å². The van der Waals surface area contributed by atoms with Crippen LogP contribution in [0.5, 0.6) is 0 Å². The number of fused-ring (bicyclic) bond motifs is 6. The standard InChI is InChI=1S/C30H18BrCl/c31-28-17-16-21(30(32)29(28)19-8-2-1-3-9-19)20-14-15-26-24-12-5-4-10-22(24)23-11-6-7-13-25(23)27(26)18-20/h1-18H. The maximum absolute atomic E-state index is 7.02. The second-order valence-corrected chi connectivity index (χ2v) is 9.23. The number of hydrogen-bond acceptors (Lipinski definition) is 0. The highest BCUT2D eigenvalue weighted by Crippen LogP contribution is 2.43. The molecule has 6 rings (SSSR count). The van der Waals surface area contributed by atoms with Crippen LogP contribution in [0.4, 0.5) is 0 Å². The molecule has 152 valence electrons. The normalized spacial score (nSPS) is 11.4. The molecular formula is C30H18BrCl. The van der Waals surface area contributed by atoms with Crippen molar-refractivity contribution < 1.29 is 0 Å². The summed E-state index contributed by atoms with van der Waals surface area (Å²) in [6, 6.07) is 38.5. The fourth-order valence-electron chi connectivity index (χ4n) is 4.72. The van der Waals surface area contributed by atoms with E-state index in [-0.39, 0.29) is 0 Å². The van der Waals surface area contributed by atoms with Crippen LogP contribution in [0.25, 0.3) is 54.6 Å². The first kappa shape index (κ1) is 19.5. The van der Waals surface area contributed by atoms with Crippen LogP contribution in [0.3, 0.4) is 0 Å². The summed E-state index contributed by atoms with van der Waals surface area (Å²) in [7, 11) is 0. The Morgan fingerprint density at radius 2 is 1.00 bits per heavy atom. The lowest BCUT2D eigenvalue weighted by atomic mass is 9.91. The third-order valence-electron chi connectivity index (χ3n) is 6.21. The summed E-state index contributed by atoms with van der Waals surface area (Å²) in [6.45, 7) is 0. The lowest BCUT2D eigenvalue weighted by molar-refractivity contribution is 1.57. The molecule has 0 amide bonds. The molecule has 0 aromatic heterocycles. The zero-order chi connectivity index (χ0) is 21.7. The van der Waals surface area contributed by atoms with Gasteiger partial charge in [-0.25, -0.2) is 0 Å². The summed E-state index contributed by atoms with van der Waals surface area (Å²) in [5, 5.41) is 8.38. The summed E-state index contributed by atoms with van der Waals surface area (Å²) in [5.74, 6) is 0. The third kappa shape index (κ3) is 3.04. The van der Waals surface area contributed by atoms with Crippen molar-refractivity contribution >= 4 is 59.8 Å². The maximum Gasteiger partial charge on any atom is 0.0574 e. The molecule has 0 nitrogen and oxygen atoms in total. The van der Waals surface area contributed by atoms with E-state index in [2.05, 4.69) is 107 Å². The summed E-state index contributed by atoms with van der Waals surface area (Å²) >= 11 is 10.7. The SMILES string of the molecule is Clc1c(-c2ccc3c4ccccc4c4ccccc4c3c2)ccc(Br)c1-c1ccccc1. The Kier molecular flexibility index (Phi) is 4.75. The fraction of sp³-hybridized carbons (Fsp3) is 0. The molecule has 0 aliphatic carbocycles. The zero-order valence-corrected chi connectivity index (χ0v) is 19.5. The van der Waals surface area contributed by atoms with Gasteiger partial charge >= 0.3 is 0 Å². The van der Waals surface area contributed by atoms with E-state index in [0.717, 1.165) is 31.7 Å². The van der Waals surface area contributed by atoms with E-state index in [9.17, 15) is 0 Å². The third-order valence-corrected chi connectivity index (χ3v) is 7.26. The zero-order valence-electron chi connectivity index (χ0n) is 17.1. The highest BCUT2D eigenvalue weighted by Gasteiger charge is 2.15. The van der Waals surface area contributed by atoms with E-state index >= 15 is 0 Å². The number of rotatable bonds is 2. The molecule has 0 saturated carbocycles. The molecule has 0 bridgehead atoms. The molecule has 0 heterocycles. The van der Waals surface area contributed by atoms with Gasteiger partial charge in [0, 0.05) is 15.6 Å². The van der Waals surface area contributed by atoms with Crippen molar-refractivity contribution in [2.75, 3.05) is 0 Å². The Balaban J connectivity index is 1.66. The predicted molar refractivity (Wildman–Crippen MR) is 143 cm³/mol. The minimum Gasteiger partial charge on any atom is -0.0829 e. The number of hydrogen-bond donors (Lipinski definition) is 0. The van der Waals surface area contributed by atoms with Crippen LogP contribution in [0.1, 0.15) is 0 Å². The fourth-order valence-corrected chi connectivity index (χ4v) is 5.78. The Morgan fingerprint density at radius 3 is 1.62 bits per heavy atom. The Bertz CT molecular complexity index is 1600. The predicted octanol–water partition coefficient (Wildman–Crippen LogP) is 9.90. The van der Waals surface area contributed by atoms with Crippen LogP contribution in [-0.4, -0.2) is 0 Å². The molecule has 0 aliphatic rings. The molecule has 0 spiro atoms. The van der Waals surface area contributed by atoms with Gasteiger partial charge in [-0.1, -0.05) is 125 Å². The minimum absolute atomic E-state index is 0.759. The molecule has 0 atom stereocenters. The maximum atomic E-state index is 7.02. The lowest BCUT2D eigenvalue weighted by Gasteiger charge is -2.15. The molecule has 0 N–H and O–H groups in total. The quantitative estimate of drug-likeness (QED) is 0.210. The van der Waals surface area contributed by atoms with Crippen LogP contribution in [-0.2, 0) is 0 Å². The first-order valence-corrected chi connectivity index (χ1v) is 11.8. The summed E-state index contributed by atoms with van der Waals surface area (Å²) in [4.78, 5) is 0. The summed E-state index contributed by atoms with van der Waals surface area (Å²) in [6.07, 6.45) is 0. The molecule has 0 radical (unpaired) electrons. The topological polar surface area (TPSA) is 0 Å². The molecule has 0 aliphatic heterocycles. The van der Waals surface area contributed by atoms with Crippen LogP contribution in [0, 0.1) is 0 Å². The molecule has 2 heteroatoms. The Morgan fingerprint density at radius 1 is 0.469 bits per heavy atom. The Labute approximate surface area is 200 Å². The molecule has 32 heavy (non-hydrogen) atoms. The first-order valence-electron chi connectivity index (χ1n) is 10.6. The molecule has 0 fully saturated rings. The molecule has 6 aromatic carbocycles. The smallest absolute Gasteiger partial charge is 0.0574 e. The van der Waals surface area contributed by atoms with Crippen molar-refractivity contribution in [1.29, 1.82) is 0 Å². The highest BCUT2D eigenvalue weighted by atomic mass is 79.9. The van der Waals surface area contributed by atoms with Gasteiger partial charge in [0.1, 0.15) is 0 Å². The Hall–Kier alpha value is -3.13. The lowest BCUT2D eigenvalue weighted by Crippen LogP contribution is -1.88. The number of halogens is 2. The highest BCUT2D eigenvalue weighted by molar-refractivity contribution is 9.10. The van der Waals surface area contributed by atoms with Gasteiger partial charge in [0.05, 0.1) is 5.02 Å². The van der Waals surface area contributed by atoms with Crippen molar-refractivity contribution in [3.8, 4) is 22.3 Å². The van der Waals surface area contributed by atoms with Gasteiger partial charge < -0.3 is 0 Å². The number of benzene rings is 6. The van der Waals surface area contributed by atoms with Crippen molar-refractivity contribution in [2.24, 2.45) is 0 Å². The largest absolute Gasteiger partial charge is 0.0829 e. The summed E-state index contributed by atoms with van der Waals surface area (Å²) < 4.78 is 0.995. The molecule has 0 unspecified atom stereocenters. The van der Waals surface area contributed by atoms with Gasteiger partial charge in [0.25, 0.3) is 0 Å². The van der Waals surface area contributed by atoms with Gasteiger partial charge in [-0.3, -0.25) is 0 Å². The van der Waals surface area contributed by atoms with Crippen molar-refractivity contribution in [1.82, 2.24) is 0 Å². The summed E-state index contributed by atoms with van der Waals surface area (Å²) in [5.41, 5.74) is 4.28. The van der Waals surface area contributed by atoms with E-state index < -0.39 is 0 Å². The molecule has 6 aromatic rings. The van der Waals surface area contributed by atoms with Crippen LogP contribution >= 0.6 is 27.5 Å². The van der Waals surface area contributed by atoms with Crippen molar-refractivity contribution in [3.05, 3.63) is 119 Å². The van der Waals surface area contributed by atoms with Crippen LogP contribution < -0.4 is 0 Å². The van der Waals surface area contributed by atoms with Crippen molar-refractivity contribution in [2.45, 2.75) is 0 Å². The average molecular weight is 494 g/mol. The monoisotopic (exact) mass is 492 g/mol. The van der Waals surface area contributed by atoms with E-state index in [4.69, 9.17) is 11.6 Å².